The standard InChI is InChI=1S/C20H20ClFN2O4S/c1-28-16-5-2-15(3-6-16)4-9-20(25)23-10-12-24(13-11-23)29(26,27)17-7-8-19(22)18(21)14-17/h2-9,14H,10-13H2,1H3/b9-4+. The number of hydrogen-bond donors (Lipinski definition) is 0. The maximum atomic E-state index is 13.3. The van der Waals surface area contributed by atoms with Crippen LogP contribution in [0.5, 0.6) is 5.75 Å². The largest absolute Gasteiger partial charge is 0.497 e. The Bertz CT molecular complexity index is 1020. The molecule has 0 aromatic heterocycles. The van der Waals surface area contributed by atoms with Crippen LogP contribution in [-0.4, -0.2) is 56.8 Å². The summed E-state index contributed by atoms with van der Waals surface area (Å²) in [6, 6.07) is 10.6. The molecule has 1 fully saturated rings. The topological polar surface area (TPSA) is 66.9 Å². The van der Waals surface area contributed by atoms with Gasteiger partial charge in [-0.2, -0.15) is 4.31 Å². The third-order valence-corrected chi connectivity index (χ3v) is 6.80. The molecular formula is C20H20ClFN2O4S. The van der Waals surface area contributed by atoms with Crippen LogP contribution in [0.3, 0.4) is 0 Å². The fourth-order valence-electron chi connectivity index (χ4n) is 2.92. The van der Waals surface area contributed by atoms with Gasteiger partial charge in [0.05, 0.1) is 17.0 Å². The van der Waals surface area contributed by atoms with E-state index in [1.54, 1.807) is 30.2 Å². The van der Waals surface area contributed by atoms with Crippen LogP contribution in [0.15, 0.2) is 53.4 Å². The monoisotopic (exact) mass is 438 g/mol. The molecule has 2 aromatic rings. The number of ether oxygens (including phenoxy) is 1. The molecule has 29 heavy (non-hydrogen) atoms. The van der Waals surface area contributed by atoms with Crippen molar-refractivity contribution in [3.05, 3.63) is 64.9 Å². The van der Waals surface area contributed by atoms with Gasteiger partial charge >= 0.3 is 0 Å². The second kappa shape index (κ2) is 8.94. The summed E-state index contributed by atoms with van der Waals surface area (Å²) in [4.78, 5) is 13.9. The van der Waals surface area contributed by atoms with E-state index in [0.717, 1.165) is 23.4 Å². The van der Waals surface area contributed by atoms with Crippen molar-refractivity contribution < 1.29 is 22.3 Å². The molecule has 0 bridgehead atoms. The second-order valence-electron chi connectivity index (χ2n) is 6.41. The Morgan fingerprint density at radius 1 is 1.10 bits per heavy atom. The molecule has 1 aliphatic heterocycles. The van der Waals surface area contributed by atoms with Crippen molar-refractivity contribution >= 4 is 33.6 Å². The zero-order chi connectivity index (χ0) is 21.0. The highest BCUT2D eigenvalue weighted by atomic mass is 35.5. The molecule has 2 aromatic carbocycles. The van der Waals surface area contributed by atoms with Crippen LogP contribution in [0, 0.1) is 5.82 Å². The highest BCUT2D eigenvalue weighted by Gasteiger charge is 2.30. The van der Waals surface area contributed by atoms with Gasteiger partial charge in [-0.1, -0.05) is 23.7 Å². The number of amides is 1. The molecule has 6 nitrogen and oxygen atoms in total. The van der Waals surface area contributed by atoms with E-state index < -0.39 is 15.8 Å². The molecule has 3 rings (SSSR count). The summed E-state index contributed by atoms with van der Waals surface area (Å²) < 4.78 is 45.1. The van der Waals surface area contributed by atoms with Gasteiger partial charge in [0.15, 0.2) is 0 Å². The number of hydrogen-bond acceptors (Lipinski definition) is 4. The summed E-state index contributed by atoms with van der Waals surface area (Å²) in [5, 5.41) is -0.247. The molecule has 1 heterocycles. The quantitative estimate of drug-likeness (QED) is 0.673. The van der Waals surface area contributed by atoms with E-state index in [0.29, 0.717) is 0 Å². The van der Waals surface area contributed by atoms with E-state index in [2.05, 4.69) is 0 Å². The first-order valence-electron chi connectivity index (χ1n) is 8.87. The molecular weight excluding hydrogens is 419 g/mol. The predicted octanol–water partition coefficient (Wildman–Crippen LogP) is 3.03. The van der Waals surface area contributed by atoms with Crippen LogP contribution in [-0.2, 0) is 14.8 Å². The Balaban J connectivity index is 1.61. The highest BCUT2D eigenvalue weighted by molar-refractivity contribution is 7.89. The number of carbonyl (C=O) groups excluding carboxylic acids is 1. The Kier molecular flexibility index (Phi) is 6.56. The molecule has 0 radical (unpaired) electrons. The third-order valence-electron chi connectivity index (χ3n) is 4.61. The Hall–Kier alpha value is -2.42. The van der Waals surface area contributed by atoms with Crippen molar-refractivity contribution in [3.63, 3.8) is 0 Å². The van der Waals surface area contributed by atoms with Crippen LogP contribution in [0.2, 0.25) is 5.02 Å². The molecule has 0 aliphatic carbocycles. The Morgan fingerprint density at radius 2 is 1.76 bits per heavy atom. The molecule has 154 valence electrons. The van der Waals surface area contributed by atoms with E-state index in [-0.39, 0.29) is 42.0 Å². The first-order valence-corrected chi connectivity index (χ1v) is 10.7. The minimum absolute atomic E-state index is 0.0666. The molecule has 9 heteroatoms. The predicted molar refractivity (Wildman–Crippen MR) is 109 cm³/mol. The van der Waals surface area contributed by atoms with Crippen molar-refractivity contribution in [1.82, 2.24) is 9.21 Å². The van der Waals surface area contributed by atoms with E-state index in [9.17, 15) is 17.6 Å². The molecule has 0 unspecified atom stereocenters. The van der Waals surface area contributed by atoms with Crippen LogP contribution in [0.4, 0.5) is 4.39 Å². The minimum atomic E-state index is -3.80. The van der Waals surface area contributed by atoms with E-state index in [1.165, 1.54) is 16.4 Å². The lowest BCUT2D eigenvalue weighted by Gasteiger charge is -2.33. The fourth-order valence-corrected chi connectivity index (χ4v) is 4.62. The summed E-state index contributed by atoms with van der Waals surface area (Å²) in [5.74, 6) is -0.138. The van der Waals surface area contributed by atoms with Crippen molar-refractivity contribution in [2.45, 2.75) is 4.90 Å². The minimum Gasteiger partial charge on any atom is -0.497 e. The lowest BCUT2D eigenvalue weighted by atomic mass is 10.2. The molecule has 1 saturated heterocycles. The second-order valence-corrected chi connectivity index (χ2v) is 8.76. The number of carbonyl (C=O) groups is 1. The smallest absolute Gasteiger partial charge is 0.246 e. The van der Waals surface area contributed by atoms with Gasteiger partial charge in [0.1, 0.15) is 11.6 Å². The molecule has 1 amide bonds. The van der Waals surface area contributed by atoms with Gasteiger partial charge in [-0.15, -0.1) is 0 Å². The van der Waals surface area contributed by atoms with Gasteiger partial charge in [-0.3, -0.25) is 4.79 Å². The summed E-state index contributed by atoms with van der Waals surface area (Å²) in [7, 11) is -2.22. The lowest BCUT2D eigenvalue weighted by Crippen LogP contribution is -2.50. The van der Waals surface area contributed by atoms with Gasteiger partial charge in [-0.05, 0) is 42.0 Å². The molecule has 1 aliphatic rings. The molecule has 0 spiro atoms. The maximum absolute atomic E-state index is 13.3. The van der Waals surface area contributed by atoms with Gasteiger partial charge in [0.2, 0.25) is 15.9 Å². The summed E-state index contributed by atoms with van der Waals surface area (Å²) >= 11 is 5.70. The summed E-state index contributed by atoms with van der Waals surface area (Å²) in [5.41, 5.74) is 0.855. The number of sulfonamides is 1. The SMILES string of the molecule is COc1ccc(/C=C/C(=O)N2CCN(S(=O)(=O)c3ccc(F)c(Cl)c3)CC2)cc1. The number of benzene rings is 2. The summed E-state index contributed by atoms with van der Waals surface area (Å²) in [6.45, 7) is 0.832. The van der Waals surface area contributed by atoms with Crippen LogP contribution in [0.25, 0.3) is 6.08 Å². The van der Waals surface area contributed by atoms with E-state index in [1.807, 2.05) is 12.1 Å². The molecule has 0 saturated carbocycles. The van der Waals surface area contributed by atoms with Crippen LogP contribution < -0.4 is 4.74 Å². The number of rotatable bonds is 5. The third kappa shape index (κ3) is 4.95. The van der Waals surface area contributed by atoms with Gasteiger partial charge in [0.25, 0.3) is 0 Å². The number of piperazine rings is 1. The first-order chi connectivity index (χ1) is 13.8. The van der Waals surface area contributed by atoms with Crippen LogP contribution >= 0.6 is 11.6 Å². The fraction of sp³-hybridized carbons (Fsp3) is 0.250. The summed E-state index contributed by atoms with van der Waals surface area (Å²) in [6.07, 6.45) is 3.16. The maximum Gasteiger partial charge on any atom is 0.246 e. The van der Waals surface area contributed by atoms with Crippen molar-refractivity contribution in [3.8, 4) is 5.75 Å². The zero-order valence-corrected chi connectivity index (χ0v) is 17.3. The normalized spacial score (nSPS) is 15.6. The Labute approximate surface area is 174 Å². The van der Waals surface area contributed by atoms with Gasteiger partial charge in [-0.25, -0.2) is 12.8 Å². The zero-order valence-electron chi connectivity index (χ0n) is 15.7. The number of nitrogens with zero attached hydrogens (tertiary/aromatic N) is 2. The van der Waals surface area contributed by atoms with Crippen LogP contribution in [0.1, 0.15) is 5.56 Å². The Morgan fingerprint density at radius 3 is 2.34 bits per heavy atom. The van der Waals surface area contributed by atoms with Gasteiger partial charge in [0, 0.05) is 32.3 Å². The van der Waals surface area contributed by atoms with E-state index in [4.69, 9.17) is 16.3 Å². The average molecular weight is 439 g/mol. The highest BCUT2D eigenvalue weighted by Crippen LogP contribution is 2.23. The lowest BCUT2D eigenvalue weighted by molar-refractivity contribution is -0.127. The van der Waals surface area contributed by atoms with E-state index >= 15 is 0 Å². The van der Waals surface area contributed by atoms with Gasteiger partial charge < -0.3 is 9.64 Å². The molecule has 0 atom stereocenters. The van der Waals surface area contributed by atoms with Crippen molar-refractivity contribution in [2.24, 2.45) is 0 Å². The van der Waals surface area contributed by atoms with Crippen molar-refractivity contribution in [1.29, 1.82) is 0 Å². The number of halogens is 2. The first kappa shape index (κ1) is 21.3. The molecule has 0 N–H and O–H groups in total. The number of methoxy groups -OCH3 is 1. The average Bonchev–Trinajstić information content (AvgIpc) is 2.74. The van der Waals surface area contributed by atoms with Crippen molar-refractivity contribution in [2.75, 3.05) is 33.3 Å².